The summed E-state index contributed by atoms with van der Waals surface area (Å²) < 4.78 is 97.0. The van der Waals surface area contributed by atoms with E-state index in [0.29, 0.717) is 29.1 Å². The Morgan fingerprint density at radius 2 is 1.07 bits per heavy atom. The van der Waals surface area contributed by atoms with Crippen molar-refractivity contribution in [3.8, 4) is 0 Å². The van der Waals surface area contributed by atoms with E-state index in [1.54, 1.807) is 63.1 Å². The maximum Gasteiger partial charge on any atom is 0.420 e. The van der Waals surface area contributed by atoms with Crippen LogP contribution in [0, 0.1) is 0 Å². The summed E-state index contributed by atoms with van der Waals surface area (Å²) in [5, 5.41) is 2.64. The molecule has 2 heterocycles. The lowest BCUT2D eigenvalue weighted by atomic mass is 10.3. The van der Waals surface area contributed by atoms with Crippen LogP contribution in [0.2, 0.25) is 15.6 Å². The van der Waals surface area contributed by atoms with E-state index in [4.69, 9.17) is 40.5 Å². The second-order valence-electron chi connectivity index (χ2n) is 9.70. The number of hydrogen-bond acceptors (Lipinski definition) is 8. The molecule has 0 atom stereocenters. The third-order valence-electron chi connectivity index (χ3n) is 5.33. The second kappa shape index (κ2) is 15.1. The molecular weight excluding hydrogens is 711 g/mol. The lowest BCUT2D eigenvalue weighted by Crippen LogP contribution is -2.09. The van der Waals surface area contributed by atoms with E-state index in [0.717, 1.165) is 5.30 Å². The summed E-state index contributed by atoms with van der Waals surface area (Å²) in [5.41, 5.74) is 4.56. The smallest absolute Gasteiger partial charge is 0.399 e. The fourth-order valence-corrected chi connectivity index (χ4v) is 5.39. The molecule has 0 fully saturated rings. The average Bonchev–Trinajstić information content (AvgIpc) is 2.87. The minimum atomic E-state index is -4.60. The van der Waals surface area contributed by atoms with Crippen LogP contribution >= 0.6 is 49.1 Å². The highest BCUT2D eigenvalue weighted by Crippen LogP contribution is 2.36. The summed E-state index contributed by atoms with van der Waals surface area (Å²) in [6.07, 6.45) is -7.97. The van der Waals surface area contributed by atoms with Gasteiger partial charge >= 0.3 is 12.4 Å². The second-order valence-corrected chi connectivity index (χ2v) is 17.2. The van der Waals surface area contributed by atoms with Crippen molar-refractivity contribution >= 4 is 77.0 Å². The summed E-state index contributed by atoms with van der Waals surface area (Å²) in [6.45, 7) is 6.79. The number of rotatable bonds is 4. The molecule has 2 aromatic heterocycles. The predicted octanol–water partition coefficient (Wildman–Crippen LogP) is 8.46. The van der Waals surface area contributed by atoms with Crippen LogP contribution < -0.4 is 21.7 Å². The molecule has 0 radical (unpaired) electrons. The van der Waals surface area contributed by atoms with E-state index in [9.17, 15) is 35.5 Å². The van der Waals surface area contributed by atoms with E-state index < -0.39 is 48.1 Å². The molecule has 0 aliphatic carbocycles. The summed E-state index contributed by atoms with van der Waals surface area (Å²) in [5.74, 6) is -0.0538. The minimum absolute atomic E-state index is 0.0538. The van der Waals surface area contributed by atoms with Crippen molar-refractivity contribution in [1.29, 1.82) is 0 Å². The number of hydrogen-bond donors (Lipinski definition) is 2. The number of halogens is 9. The maximum atomic E-state index is 12.6. The van der Waals surface area contributed by atoms with Gasteiger partial charge in [0.05, 0.1) is 0 Å². The van der Waals surface area contributed by atoms with Gasteiger partial charge in [0, 0.05) is 34.4 Å². The Kier molecular flexibility index (Phi) is 12.9. The van der Waals surface area contributed by atoms with Crippen LogP contribution in [0.4, 0.5) is 43.7 Å². The van der Waals surface area contributed by atoms with Crippen LogP contribution in [0.5, 0.6) is 0 Å². The number of anilines is 3. The van der Waals surface area contributed by atoms with Gasteiger partial charge in [-0.1, -0.05) is 23.2 Å². The predicted molar refractivity (Wildman–Crippen MR) is 168 cm³/mol. The molecule has 0 aliphatic rings. The molecule has 3 N–H and O–H groups in total. The molecule has 4 rings (SSSR count). The van der Waals surface area contributed by atoms with Crippen LogP contribution in [-0.2, 0) is 21.5 Å². The summed E-state index contributed by atoms with van der Waals surface area (Å²) in [6, 6.07) is 13.8. The molecule has 45 heavy (non-hydrogen) atoms. The molecule has 0 saturated heterocycles. The Balaban J connectivity index is 0.000000259. The van der Waals surface area contributed by atoms with Gasteiger partial charge in [-0.15, -0.1) is 0 Å². The van der Waals surface area contributed by atoms with E-state index in [2.05, 4.69) is 25.3 Å². The number of nitrogens with zero attached hydrogens (tertiary/aromatic N) is 4. The van der Waals surface area contributed by atoms with Gasteiger partial charge in [0.1, 0.15) is 35.7 Å². The van der Waals surface area contributed by atoms with Crippen LogP contribution in [0.3, 0.4) is 0 Å². The molecule has 0 aliphatic heterocycles. The van der Waals surface area contributed by atoms with Crippen LogP contribution in [-0.4, -0.2) is 46.6 Å². The Morgan fingerprint density at radius 3 is 1.44 bits per heavy atom. The molecule has 0 bridgehead atoms. The standard InChI is InChI=1S/C13H12ClF3N3OP.C8H12NOP.C5HCl2F3N2/c1-22(2,21)9-5-3-8(4-6-9)19-12-18-7-10(11(14)20-12)13(15,16)17;1-11(2,10)8-5-3-7(9)4-6-8;6-3-2(5(8,9)10)1-11-4(7)12-3/h3-7H,1-2H3,(H,18,19,20);3-6H,9H2,1-2H3;1H. The summed E-state index contributed by atoms with van der Waals surface area (Å²) in [7, 11) is -4.45. The van der Waals surface area contributed by atoms with Crippen LogP contribution in [0.15, 0.2) is 60.9 Å². The highest BCUT2D eigenvalue weighted by atomic mass is 35.5. The number of nitrogens with one attached hydrogen (secondary N) is 1. The van der Waals surface area contributed by atoms with Crippen molar-refractivity contribution in [2.45, 2.75) is 12.4 Å². The number of benzene rings is 2. The summed E-state index contributed by atoms with van der Waals surface area (Å²) in [4.78, 5) is 13.5. The largest absolute Gasteiger partial charge is 0.420 e. The molecule has 8 nitrogen and oxygen atoms in total. The number of nitrogens with two attached hydrogens (primary N) is 1. The molecular formula is C26H25Cl3F6N6O2P2. The zero-order chi connectivity index (χ0) is 34.4. The van der Waals surface area contributed by atoms with Gasteiger partial charge in [0.25, 0.3) is 0 Å². The third-order valence-corrected chi connectivity index (χ3v) is 9.17. The Morgan fingerprint density at radius 1 is 0.667 bits per heavy atom. The van der Waals surface area contributed by atoms with Crippen molar-refractivity contribution < 1.29 is 35.5 Å². The van der Waals surface area contributed by atoms with E-state index in [1.807, 2.05) is 12.1 Å². The zero-order valence-corrected chi connectivity index (χ0v) is 27.8. The van der Waals surface area contributed by atoms with Crippen molar-refractivity contribution in [1.82, 2.24) is 19.9 Å². The van der Waals surface area contributed by atoms with Gasteiger partial charge in [0.2, 0.25) is 11.2 Å². The highest BCUT2D eigenvalue weighted by Gasteiger charge is 2.35. The minimum Gasteiger partial charge on any atom is -0.399 e. The molecule has 0 saturated carbocycles. The number of nitrogen functional groups attached to an aromatic ring is 1. The highest BCUT2D eigenvalue weighted by molar-refractivity contribution is 7.70. The van der Waals surface area contributed by atoms with Gasteiger partial charge < -0.3 is 20.2 Å². The van der Waals surface area contributed by atoms with Crippen molar-refractivity contribution in [3.63, 3.8) is 0 Å². The van der Waals surface area contributed by atoms with Crippen molar-refractivity contribution in [2.75, 3.05) is 37.7 Å². The van der Waals surface area contributed by atoms with Gasteiger partial charge in [-0.2, -0.15) is 26.3 Å². The van der Waals surface area contributed by atoms with Gasteiger partial charge in [-0.05, 0) is 86.8 Å². The molecule has 0 unspecified atom stereocenters. The van der Waals surface area contributed by atoms with E-state index >= 15 is 0 Å². The first-order valence-corrected chi connectivity index (χ1v) is 18.5. The Labute approximate surface area is 269 Å². The van der Waals surface area contributed by atoms with Crippen molar-refractivity contribution in [3.05, 3.63) is 87.6 Å². The first kappa shape index (κ1) is 38.3. The molecule has 19 heteroatoms. The SMILES string of the molecule is CP(C)(=O)c1ccc(N)cc1.CP(C)(=O)c1ccc(Nc2ncc(C(F)(F)F)c(Cl)n2)cc1.FC(F)(F)c1cnc(Cl)nc1Cl. The van der Waals surface area contributed by atoms with Gasteiger partial charge in [0.15, 0.2) is 0 Å². The van der Waals surface area contributed by atoms with Gasteiger partial charge in [-0.25, -0.2) is 19.9 Å². The first-order chi connectivity index (χ1) is 20.5. The fraction of sp³-hybridized carbons (Fsp3) is 0.231. The lowest BCUT2D eigenvalue weighted by Gasteiger charge is -2.11. The lowest BCUT2D eigenvalue weighted by molar-refractivity contribution is -0.138. The zero-order valence-electron chi connectivity index (χ0n) is 23.8. The average molecular weight is 736 g/mol. The molecule has 4 aromatic rings. The van der Waals surface area contributed by atoms with Crippen molar-refractivity contribution in [2.24, 2.45) is 0 Å². The van der Waals surface area contributed by atoms with Crippen LogP contribution in [0.1, 0.15) is 11.1 Å². The quantitative estimate of drug-likeness (QED) is 0.0704. The monoisotopic (exact) mass is 734 g/mol. The first-order valence-electron chi connectivity index (χ1n) is 12.2. The van der Waals surface area contributed by atoms with E-state index in [-0.39, 0.29) is 11.2 Å². The number of aromatic nitrogens is 4. The normalized spacial score (nSPS) is 11.9. The Hall–Kier alpha value is -2.89. The van der Waals surface area contributed by atoms with Gasteiger partial charge in [-0.3, -0.25) is 0 Å². The molecule has 244 valence electrons. The molecule has 2 aromatic carbocycles. The third kappa shape index (κ3) is 12.4. The number of alkyl halides is 6. The topological polar surface area (TPSA) is 124 Å². The molecule has 0 amide bonds. The summed E-state index contributed by atoms with van der Waals surface area (Å²) >= 11 is 15.9. The fourth-order valence-electron chi connectivity index (χ4n) is 3.01. The molecule has 0 spiro atoms. The van der Waals surface area contributed by atoms with E-state index in [1.165, 1.54) is 0 Å². The maximum absolute atomic E-state index is 12.6. The Bertz CT molecular complexity index is 1700. The van der Waals surface area contributed by atoms with Crippen LogP contribution in [0.25, 0.3) is 0 Å².